The maximum absolute atomic E-state index is 12.8. The zero-order valence-corrected chi connectivity index (χ0v) is 11.3. The molecule has 0 aliphatic carbocycles. The summed E-state index contributed by atoms with van der Waals surface area (Å²) in [4.78, 5) is 0. The van der Waals surface area contributed by atoms with Gasteiger partial charge in [-0.05, 0) is 35.2 Å². The monoisotopic (exact) mass is 296 g/mol. The summed E-state index contributed by atoms with van der Waals surface area (Å²) in [7, 11) is 0. The van der Waals surface area contributed by atoms with Gasteiger partial charge in [-0.1, -0.05) is 54.6 Å². The second-order valence-corrected chi connectivity index (χ2v) is 4.84. The summed E-state index contributed by atoms with van der Waals surface area (Å²) in [6.45, 7) is 3.65. The van der Waals surface area contributed by atoms with Gasteiger partial charge in [-0.3, -0.25) is 0 Å². The molecule has 0 amide bonds. The van der Waals surface area contributed by atoms with Gasteiger partial charge >= 0.3 is 6.18 Å². The Bertz CT molecular complexity index is 613. The smallest absolute Gasteiger partial charge is 0.166 e. The lowest BCUT2D eigenvalue weighted by molar-refractivity contribution is -0.137. The molecule has 4 heteroatoms. The van der Waals surface area contributed by atoms with E-state index in [9.17, 15) is 13.2 Å². The van der Waals surface area contributed by atoms with Gasteiger partial charge in [-0.15, -0.1) is 0 Å². The number of halogens is 4. The molecule has 0 aliphatic heterocycles. The topological polar surface area (TPSA) is 0 Å². The molecule has 0 saturated carbocycles. The van der Waals surface area contributed by atoms with Crippen LogP contribution in [0.3, 0.4) is 0 Å². The average molecular weight is 297 g/mol. The summed E-state index contributed by atoms with van der Waals surface area (Å²) in [5.74, 6) is 0. The highest BCUT2D eigenvalue weighted by molar-refractivity contribution is 6.31. The maximum Gasteiger partial charge on any atom is 0.417 e. The quantitative estimate of drug-likeness (QED) is 0.692. The van der Waals surface area contributed by atoms with Gasteiger partial charge in [0.25, 0.3) is 0 Å². The van der Waals surface area contributed by atoms with Gasteiger partial charge in [-0.2, -0.15) is 13.2 Å². The van der Waals surface area contributed by atoms with E-state index in [4.69, 9.17) is 11.6 Å². The molecule has 0 radical (unpaired) electrons. The van der Waals surface area contributed by atoms with Crippen LogP contribution < -0.4 is 0 Å². The van der Waals surface area contributed by atoms with Crippen molar-refractivity contribution in [1.29, 1.82) is 0 Å². The van der Waals surface area contributed by atoms with Crippen molar-refractivity contribution in [2.45, 2.75) is 12.6 Å². The van der Waals surface area contributed by atoms with Crippen LogP contribution in [0.5, 0.6) is 0 Å². The first-order valence-corrected chi connectivity index (χ1v) is 6.35. The van der Waals surface area contributed by atoms with Gasteiger partial charge in [-0.25, -0.2) is 0 Å². The number of rotatable bonds is 3. The third kappa shape index (κ3) is 3.42. The molecular formula is C16H12ClF3. The van der Waals surface area contributed by atoms with Gasteiger partial charge in [0.2, 0.25) is 0 Å². The van der Waals surface area contributed by atoms with Gasteiger partial charge in [0, 0.05) is 0 Å². The van der Waals surface area contributed by atoms with E-state index in [-0.39, 0.29) is 5.02 Å². The third-order valence-electron chi connectivity index (χ3n) is 2.96. The molecule has 0 aliphatic rings. The molecule has 0 fully saturated rings. The van der Waals surface area contributed by atoms with Crippen molar-refractivity contribution in [3.05, 3.63) is 76.3 Å². The summed E-state index contributed by atoms with van der Waals surface area (Å²) in [5, 5.41) is -0.275. The minimum absolute atomic E-state index is 0.275. The van der Waals surface area contributed by atoms with E-state index >= 15 is 0 Å². The predicted molar refractivity (Wildman–Crippen MR) is 75.8 cm³/mol. The van der Waals surface area contributed by atoms with Crippen molar-refractivity contribution >= 4 is 17.7 Å². The fraction of sp³-hybridized carbons (Fsp3) is 0.125. The summed E-state index contributed by atoms with van der Waals surface area (Å²) in [6, 6.07) is 11.5. The van der Waals surface area contributed by atoms with Crippen LogP contribution >= 0.6 is 11.6 Å². The van der Waals surface area contributed by atoms with E-state index in [2.05, 4.69) is 6.58 Å². The summed E-state index contributed by atoms with van der Waals surface area (Å²) in [6.07, 6.45) is -2.29. The lowest BCUT2D eigenvalue weighted by atomic mass is 10.0. The molecule has 2 aromatic carbocycles. The van der Waals surface area contributed by atoms with Crippen LogP contribution in [0.2, 0.25) is 5.02 Å². The van der Waals surface area contributed by atoms with Crippen LogP contribution in [0, 0.1) is 0 Å². The maximum atomic E-state index is 12.8. The Kier molecular flexibility index (Phi) is 4.19. The molecule has 2 rings (SSSR count). The van der Waals surface area contributed by atoms with Gasteiger partial charge in [0.05, 0.1) is 10.6 Å². The van der Waals surface area contributed by atoms with Crippen LogP contribution in [0.4, 0.5) is 13.2 Å². The third-order valence-corrected chi connectivity index (χ3v) is 3.29. The molecular weight excluding hydrogens is 285 g/mol. The lowest BCUT2D eigenvalue weighted by Crippen LogP contribution is -2.06. The Morgan fingerprint density at radius 1 is 1.00 bits per heavy atom. The van der Waals surface area contributed by atoms with E-state index in [0.29, 0.717) is 12.0 Å². The van der Waals surface area contributed by atoms with E-state index < -0.39 is 11.7 Å². The fourth-order valence-corrected chi connectivity index (χ4v) is 2.13. The summed E-state index contributed by atoms with van der Waals surface area (Å²) < 4.78 is 38.3. The van der Waals surface area contributed by atoms with Crippen molar-refractivity contribution in [2.75, 3.05) is 0 Å². The van der Waals surface area contributed by atoms with Crippen LogP contribution in [-0.2, 0) is 12.6 Å². The highest BCUT2D eigenvalue weighted by atomic mass is 35.5. The highest BCUT2D eigenvalue weighted by Gasteiger charge is 2.33. The average Bonchev–Trinajstić information content (AvgIpc) is 2.40. The summed E-state index contributed by atoms with van der Waals surface area (Å²) in [5.41, 5.74) is 1.69. The number of alkyl halides is 3. The van der Waals surface area contributed by atoms with Crippen molar-refractivity contribution < 1.29 is 13.2 Å². The highest BCUT2D eigenvalue weighted by Crippen LogP contribution is 2.35. The molecule has 20 heavy (non-hydrogen) atoms. The molecule has 0 N–H and O–H groups in total. The zero-order chi connectivity index (χ0) is 14.8. The molecule has 104 valence electrons. The molecule has 0 heterocycles. The number of hydrogen-bond donors (Lipinski definition) is 0. The van der Waals surface area contributed by atoms with Gasteiger partial charge in [0.1, 0.15) is 0 Å². The second-order valence-electron chi connectivity index (χ2n) is 4.43. The van der Waals surface area contributed by atoms with Crippen molar-refractivity contribution in [3.8, 4) is 0 Å². The van der Waals surface area contributed by atoms with Crippen molar-refractivity contribution in [3.63, 3.8) is 0 Å². The van der Waals surface area contributed by atoms with Gasteiger partial charge < -0.3 is 0 Å². The second kappa shape index (κ2) is 5.71. The Morgan fingerprint density at radius 3 is 2.15 bits per heavy atom. The van der Waals surface area contributed by atoms with E-state index in [1.165, 1.54) is 6.07 Å². The molecule has 2 aromatic rings. The molecule has 0 spiro atoms. The van der Waals surface area contributed by atoms with Crippen molar-refractivity contribution in [1.82, 2.24) is 0 Å². The lowest BCUT2D eigenvalue weighted by Gasteiger charge is -2.11. The first kappa shape index (κ1) is 14.7. The minimum Gasteiger partial charge on any atom is -0.166 e. The van der Waals surface area contributed by atoms with Crippen LogP contribution in [0.15, 0.2) is 49.0 Å². The van der Waals surface area contributed by atoms with Crippen LogP contribution in [0.1, 0.15) is 22.3 Å². The largest absolute Gasteiger partial charge is 0.417 e. The Balaban J connectivity index is 2.27. The van der Waals surface area contributed by atoms with E-state index in [1.54, 1.807) is 12.1 Å². The Labute approximate surface area is 120 Å². The Hall–Kier alpha value is -1.74. The zero-order valence-electron chi connectivity index (χ0n) is 10.5. The van der Waals surface area contributed by atoms with E-state index in [1.807, 2.05) is 24.3 Å². The minimum atomic E-state index is -4.43. The predicted octanol–water partition coefficient (Wildman–Crippen LogP) is 5.59. The molecule has 0 atom stereocenters. The van der Waals surface area contributed by atoms with Gasteiger partial charge in [0.15, 0.2) is 0 Å². The van der Waals surface area contributed by atoms with Crippen LogP contribution in [0.25, 0.3) is 6.08 Å². The molecule has 0 aromatic heterocycles. The normalized spacial score (nSPS) is 11.4. The molecule has 0 nitrogen and oxygen atoms in total. The molecule has 0 saturated heterocycles. The number of hydrogen-bond acceptors (Lipinski definition) is 0. The fourth-order valence-electron chi connectivity index (χ4n) is 1.91. The van der Waals surface area contributed by atoms with Crippen LogP contribution in [-0.4, -0.2) is 0 Å². The first-order chi connectivity index (χ1) is 9.40. The SMILES string of the molecule is C=Cc1ccc(Cc2ccc(Cl)c(C(F)(F)F)c2)cc1. The summed E-state index contributed by atoms with van der Waals surface area (Å²) >= 11 is 5.59. The van der Waals surface area contributed by atoms with E-state index in [0.717, 1.165) is 17.2 Å². The van der Waals surface area contributed by atoms with Crippen molar-refractivity contribution in [2.24, 2.45) is 0 Å². The molecule has 0 unspecified atom stereocenters. The first-order valence-electron chi connectivity index (χ1n) is 5.97. The Morgan fingerprint density at radius 2 is 1.60 bits per heavy atom. The molecule has 0 bridgehead atoms. The standard InChI is InChI=1S/C16H12ClF3/c1-2-11-3-5-12(6-4-11)9-13-7-8-15(17)14(10-13)16(18,19)20/h2-8,10H,1,9H2. The number of benzene rings is 2.